The van der Waals surface area contributed by atoms with Gasteiger partial charge in [-0.2, -0.15) is 22.1 Å². The lowest BCUT2D eigenvalue weighted by Crippen LogP contribution is -2.45. The Morgan fingerprint density at radius 2 is 2.12 bits per heavy atom. The first-order valence-electron chi connectivity index (χ1n) is 8.51. The Morgan fingerprint density at radius 3 is 2.72 bits per heavy atom. The van der Waals surface area contributed by atoms with Gasteiger partial charge in [-0.3, -0.25) is 10.1 Å². The Balaban J connectivity index is 1.66. The number of aromatic amines is 1. The maximum Gasteiger partial charge on any atom is 0.281 e. The number of hydrogen-bond acceptors (Lipinski definition) is 4. The highest BCUT2D eigenvalue weighted by Gasteiger charge is 2.30. The molecular formula is C17H25N5O2S. The monoisotopic (exact) mass is 363 g/mol. The summed E-state index contributed by atoms with van der Waals surface area (Å²) >= 11 is 0. The molecule has 3 rings (SSSR count). The predicted molar refractivity (Wildman–Crippen MR) is 97.2 cm³/mol. The molecule has 7 nitrogen and oxygen atoms in total. The maximum absolute atomic E-state index is 12.3. The molecule has 3 heterocycles. The van der Waals surface area contributed by atoms with E-state index in [1.54, 1.807) is 18.4 Å². The predicted octanol–water partition coefficient (Wildman–Crippen LogP) is 1.84. The standard InChI is InChI=1S/C17H25N5O2S/c1-13-9-17(20-19-13)16-7-6-14(11-18-16)10-15-5-4-8-22(12-15)25(23,24)21(2)3/h6-7,9,11,15H,4-5,8,10,12H2,1-3H3,(H,19,20)/t15-/m0/s1. The largest absolute Gasteiger partial charge is 0.282 e. The molecule has 8 heteroatoms. The van der Waals surface area contributed by atoms with Crippen molar-refractivity contribution in [1.29, 1.82) is 0 Å². The summed E-state index contributed by atoms with van der Waals surface area (Å²) in [5.74, 6) is 0.323. The number of pyridine rings is 1. The molecule has 0 unspecified atom stereocenters. The fourth-order valence-corrected chi connectivity index (χ4v) is 4.43. The number of piperidine rings is 1. The summed E-state index contributed by atoms with van der Waals surface area (Å²) in [6, 6.07) is 6.00. The molecule has 1 fully saturated rings. The van der Waals surface area contributed by atoms with Crippen LogP contribution in [-0.2, 0) is 16.6 Å². The number of H-pyrrole nitrogens is 1. The van der Waals surface area contributed by atoms with Crippen LogP contribution >= 0.6 is 0 Å². The third-order valence-electron chi connectivity index (χ3n) is 4.59. The average Bonchev–Trinajstić information content (AvgIpc) is 3.02. The molecule has 1 aliphatic rings. The van der Waals surface area contributed by atoms with Crippen LogP contribution in [0, 0.1) is 12.8 Å². The third-order valence-corrected chi connectivity index (χ3v) is 6.49. The molecule has 2 aromatic rings. The Bertz CT molecular complexity index is 814. The van der Waals surface area contributed by atoms with Crippen molar-refractivity contribution in [3.63, 3.8) is 0 Å². The zero-order chi connectivity index (χ0) is 18.0. The summed E-state index contributed by atoms with van der Waals surface area (Å²) in [7, 11) is -0.163. The smallest absolute Gasteiger partial charge is 0.281 e. The van der Waals surface area contributed by atoms with E-state index in [4.69, 9.17) is 0 Å². The second-order valence-electron chi connectivity index (χ2n) is 6.85. The van der Waals surface area contributed by atoms with Crippen LogP contribution in [-0.4, -0.2) is 59.4 Å². The number of aryl methyl sites for hydroxylation is 1. The number of rotatable bonds is 5. The van der Waals surface area contributed by atoms with Crippen molar-refractivity contribution in [3.05, 3.63) is 35.7 Å². The van der Waals surface area contributed by atoms with E-state index in [0.717, 1.165) is 41.9 Å². The zero-order valence-electron chi connectivity index (χ0n) is 14.9. The van der Waals surface area contributed by atoms with Crippen LogP contribution in [0.4, 0.5) is 0 Å². The minimum atomic E-state index is -3.33. The van der Waals surface area contributed by atoms with Gasteiger partial charge in [0.05, 0.1) is 5.69 Å². The fraction of sp³-hybridized carbons (Fsp3) is 0.529. The molecule has 25 heavy (non-hydrogen) atoms. The first kappa shape index (κ1) is 18.0. The highest BCUT2D eigenvalue weighted by molar-refractivity contribution is 7.86. The molecule has 0 amide bonds. The molecule has 0 saturated carbocycles. The van der Waals surface area contributed by atoms with Crippen molar-refractivity contribution in [2.45, 2.75) is 26.2 Å². The lowest BCUT2D eigenvalue weighted by Gasteiger charge is -2.33. The van der Waals surface area contributed by atoms with Crippen molar-refractivity contribution >= 4 is 10.2 Å². The SMILES string of the molecule is Cc1cc(-c2ccc(C[C@@H]3CCCN(S(=O)(=O)N(C)C)C3)cn2)n[nH]1. The fourth-order valence-electron chi connectivity index (χ4n) is 3.21. The van der Waals surface area contributed by atoms with Gasteiger partial charge in [0.15, 0.2) is 0 Å². The molecule has 1 aliphatic heterocycles. The number of aromatic nitrogens is 3. The summed E-state index contributed by atoms with van der Waals surface area (Å²) in [5.41, 5.74) is 3.81. The summed E-state index contributed by atoms with van der Waals surface area (Å²) in [5, 5.41) is 7.14. The molecule has 0 aliphatic carbocycles. The van der Waals surface area contributed by atoms with Gasteiger partial charge >= 0.3 is 0 Å². The van der Waals surface area contributed by atoms with Crippen LogP contribution in [0.1, 0.15) is 24.1 Å². The maximum atomic E-state index is 12.3. The first-order valence-corrected chi connectivity index (χ1v) is 9.91. The van der Waals surface area contributed by atoms with Gasteiger partial charge in [-0.25, -0.2) is 0 Å². The molecule has 1 N–H and O–H groups in total. The van der Waals surface area contributed by atoms with Gasteiger partial charge in [0.25, 0.3) is 10.2 Å². The van der Waals surface area contributed by atoms with Gasteiger partial charge in [-0.05, 0) is 49.8 Å². The van der Waals surface area contributed by atoms with E-state index in [1.165, 1.54) is 4.31 Å². The minimum absolute atomic E-state index is 0.323. The zero-order valence-corrected chi connectivity index (χ0v) is 15.8. The Labute approximate surface area is 149 Å². The van der Waals surface area contributed by atoms with E-state index in [-0.39, 0.29) is 0 Å². The summed E-state index contributed by atoms with van der Waals surface area (Å²) in [4.78, 5) is 4.50. The Kier molecular flexibility index (Phi) is 5.21. The highest BCUT2D eigenvalue weighted by atomic mass is 32.2. The van der Waals surface area contributed by atoms with Gasteiger partial charge < -0.3 is 0 Å². The highest BCUT2D eigenvalue weighted by Crippen LogP contribution is 2.24. The van der Waals surface area contributed by atoms with Gasteiger partial charge in [0.1, 0.15) is 5.69 Å². The van der Waals surface area contributed by atoms with Gasteiger partial charge in [0.2, 0.25) is 0 Å². The quantitative estimate of drug-likeness (QED) is 0.879. The number of nitrogens with zero attached hydrogens (tertiary/aromatic N) is 4. The van der Waals surface area contributed by atoms with Crippen LogP contribution in [0.2, 0.25) is 0 Å². The minimum Gasteiger partial charge on any atom is -0.282 e. The van der Waals surface area contributed by atoms with Gasteiger partial charge in [-0.15, -0.1) is 0 Å². The molecule has 0 aromatic carbocycles. The van der Waals surface area contributed by atoms with Crippen LogP contribution < -0.4 is 0 Å². The van der Waals surface area contributed by atoms with Crippen molar-refractivity contribution in [3.8, 4) is 11.4 Å². The lowest BCUT2D eigenvalue weighted by molar-refractivity contribution is 0.254. The van der Waals surface area contributed by atoms with Crippen molar-refractivity contribution in [1.82, 2.24) is 23.8 Å². The van der Waals surface area contributed by atoms with Gasteiger partial charge in [0, 0.05) is 39.1 Å². The van der Waals surface area contributed by atoms with Crippen molar-refractivity contribution < 1.29 is 8.42 Å². The first-order chi connectivity index (χ1) is 11.9. The normalized spacial score (nSPS) is 19.4. The number of hydrogen-bond donors (Lipinski definition) is 1. The second-order valence-corrected chi connectivity index (χ2v) is 8.99. The summed E-state index contributed by atoms with van der Waals surface area (Å²) in [6.45, 7) is 3.13. The van der Waals surface area contributed by atoms with Crippen LogP contribution in [0.5, 0.6) is 0 Å². The molecule has 0 bridgehead atoms. The van der Waals surface area contributed by atoms with Crippen molar-refractivity contribution in [2.24, 2.45) is 5.92 Å². The van der Waals surface area contributed by atoms with E-state index in [1.807, 2.05) is 25.3 Å². The molecule has 1 saturated heterocycles. The number of nitrogens with one attached hydrogen (secondary N) is 1. The van der Waals surface area contributed by atoms with E-state index >= 15 is 0 Å². The lowest BCUT2D eigenvalue weighted by atomic mass is 9.93. The van der Waals surface area contributed by atoms with Crippen LogP contribution in [0.15, 0.2) is 24.4 Å². The molecule has 1 atom stereocenters. The summed E-state index contributed by atoms with van der Waals surface area (Å²) < 4.78 is 27.5. The molecule has 2 aromatic heterocycles. The van der Waals surface area contributed by atoms with Crippen LogP contribution in [0.3, 0.4) is 0 Å². The van der Waals surface area contributed by atoms with E-state index in [9.17, 15) is 8.42 Å². The van der Waals surface area contributed by atoms with Crippen molar-refractivity contribution in [2.75, 3.05) is 27.2 Å². The Hall–Kier alpha value is -1.77. The molecule has 136 valence electrons. The van der Waals surface area contributed by atoms with E-state index in [2.05, 4.69) is 21.2 Å². The topological polar surface area (TPSA) is 82.2 Å². The second kappa shape index (κ2) is 7.23. The molecule has 0 spiro atoms. The summed E-state index contributed by atoms with van der Waals surface area (Å²) in [6.07, 6.45) is 4.65. The van der Waals surface area contributed by atoms with E-state index in [0.29, 0.717) is 19.0 Å². The van der Waals surface area contributed by atoms with E-state index < -0.39 is 10.2 Å². The Morgan fingerprint density at radius 1 is 1.32 bits per heavy atom. The van der Waals surface area contributed by atoms with Gasteiger partial charge in [-0.1, -0.05) is 6.07 Å². The average molecular weight is 363 g/mol. The third kappa shape index (κ3) is 4.08. The molecular weight excluding hydrogens is 338 g/mol. The van der Waals surface area contributed by atoms with Crippen LogP contribution in [0.25, 0.3) is 11.4 Å². The molecule has 0 radical (unpaired) electrons.